The van der Waals surface area contributed by atoms with E-state index in [0.29, 0.717) is 6.04 Å². The Morgan fingerprint density at radius 3 is 2.94 bits per heavy atom. The number of likely N-dealkylation sites (tertiary alicyclic amines) is 1. The first-order valence-corrected chi connectivity index (χ1v) is 7.23. The Balaban J connectivity index is 2.02. The van der Waals surface area contributed by atoms with E-state index in [1.54, 1.807) is 0 Å². The van der Waals surface area contributed by atoms with Crippen LogP contribution in [0.1, 0.15) is 45.4 Å². The first-order valence-electron chi connectivity index (χ1n) is 7.23. The van der Waals surface area contributed by atoms with E-state index in [4.69, 9.17) is 4.74 Å². The standard InChI is InChI=1S/C14H25NO3/c1-2-14(13(16)17)7-4-8-15(11-14)12-5-3-9-18-10-6-12/h12H,2-11H2,1H3,(H,16,17). The van der Waals surface area contributed by atoms with Gasteiger partial charge >= 0.3 is 5.97 Å². The number of carboxylic acids is 1. The summed E-state index contributed by atoms with van der Waals surface area (Å²) in [5, 5.41) is 9.51. The molecule has 2 atom stereocenters. The normalized spacial score (nSPS) is 35.1. The highest BCUT2D eigenvalue weighted by Crippen LogP contribution is 2.35. The molecule has 0 bridgehead atoms. The number of aliphatic carboxylic acids is 1. The Kier molecular flexibility index (Phi) is 4.62. The molecule has 4 heteroatoms. The minimum atomic E-state index is -0.612. The minimum Gasteiger partial charge on any atom is -0.481 e. The lowest BCUT2D eigenvalue weighted by Gasteiger charge is -2.43. The lowest BCUT2D eigenvalue weighted by Crippen LogP contribution is -2.51. The van der Waals surface area contributed by atoms with Gasteiger partial charge in [-0.2, -0.15) is 0 Å². The summed E-state index contributed by atoms with van der Waals surface area (Å²) in [4.78, 5) is 14.0. The summed E-state index contributed by atoms with van der Waals surface area (Å²) in [6.07, 6.45) is 5.89. The molecule has 0 aliphatic carbocycles. The number of carbonyl (C=O) groups is 1. The first-order chi connectivity index (χ1) is 8.68. The fraction of sp³-hybridized carbons (Fsp3) is 0.929. The number of nitrogens with zero attached hydrogens (tertiary/aromatic N) is 1. The molecule has 1 N–H and O–H groups in total. The number of piperidine rings is 1. The zero-order valence-electron chi connectivity index (χ0n) is 11.4. The fourth-order valence-corrected chi connectivity index (χ4v) is 3.35. The number of rotatable bonds is 3. The summed E-state index contributed by atoms with van der Waals surface area (Å²) in [5.74, 6) is -0.612. The molecule has 2 unspecified atom stereocenters. The van der Waals surface area contributed by atoms with Crippen molar-refractivity contribution in [3.05, 3.63) is 0 Å². The van der Waals surface area contributed by atoms with Crippen LogP contribution in [0.4, 0.5) is 0 Å². The van der Waals surface area contributed by atoms with Crippen LogP contribution in [0.2, 0.25) is 0 Å². The van der Waals surface area contributed by atoms with Crippen molar-refractivity contribution in [3.63, 3.8) is 0 Å². The highest BCUT2D eigenvalue weighted by Gasteiger charge is 2.42. The van der Waals surface area contributed by atoms with E-state index in [1.807, 2.05) is 6.92 Å². The van der Waals surface area contributed by atoms with Crippen LogP contribution in [0, 0.1) is 5.41 Å². The predicted molar refractivity (Wildman–Crippen MR) is 69.6 cm³/mol. The number of ether oxygens (including phenoxy) is 1. The van der Waals surface area contributed by atoms with E-state index in [0.717, 1.165) is 64.8 Å². The van der Waals surface area contributed by atoms with Crippen molar-refractivity contribution in [2.24, 2.45) is 5.41 Å². The molecule has 2 fully saturated rings. The molecule has 2 saturated heterocycles. The smallest absolute Gasteiger partial charge is 0.310 e. The summed E-state index contributed by atoms with van der Waals surface area (Å²) in [5.41, 5.74) is -0.509. The zero-order chi connectivity index (χ0) is 13.0. The molecule has 0 radical (unpaired) electrons. The largest absolute Gasteiger partial charge is 0.481 e. The monoisotopic (exact) mass is 255 g/mol. The molecule has 2 rings (SSSR count). The van der Waals surface area contributed by atoms with Gasteiger partial charge in [-0.3, -0.25) is 9.69 Å². The van der Waals surface area contributed by atoms with Gasteiger partial charge < -0.3 is 9.84 Å². The van der Waals surface area contributed by atoms with Crippen LogP contribution >= 0.6 is 0 Å². The quantitative estimate of drug-likeness (QED) is 0.839. The van der Waals surface area contributed by atoms with E-state index in [2.05, 4.69) is 4.90 Å². The Bertz CT molecular complexity index is 287. The third-order valence-electron chi connectivity index (χ3n) is 4.67. The fourth-order valence-electron chi connectivity index (χ4n) is 3.35. The average molecular weight is 255 g/mol. The van der Waals surface area contributed by atoms with Crippen molar-refractivity contribution in [3.8, 4) is 0 Å². The van der Waals surface area contributed by atoms with Gasteiger partial charge in [-0.15, -0.1) is 0 Å². The van der Waals surface area contributed by atoms with Gasteiger partial charge in [0, 0.05) is 25.8 Å². The molecule has 0 spiro atoms. The molecule has 104 valence electrons. The maximum atomic E-state index is 11.6. The third kappa shape index (κ3) is 2.86. The summed E-state index contributed by atoms with van der Waals surface area (Å²) in [6, 6.07) is 0.526. The van der Waals surface area contributed by atoms with Crippen LogP contribution in [0.25, 0.3) is 0 Å². The SMILES string of the molecule is CCC1(C(=O)O)CCCN(C2CCCOCC2)C1. The summed E-state index contributed by atoms with van der Waals surface area (Å²) < 4.78 is 5.50. The minimum absolute atomic E-state index is 0.509. The Labute approximate surface area is 109 Å². The van der Waals surface area contributed by atoms with Gasteiger partial charge in [-0.1, -0.05) is 6.92 Å². The van der Waals surface area contributed by atoms with Gasteiger partial charge in [0.1, 0.15) is 0 Å². The lowest BCUT2D eigenvalue weighted by molar-refractivity contribution is -0.153. The summed E-state index contributed by atoms with van der Waals surface area (Å²) >= 11 is 0. The van der Waals surface area contributed by atoms with E-state index in [1.165, 1.54) is 0 Å². The van der Waals surface area contributed by atoms with Gasteiger partial charge in [0.15, 0.2) is 0 Å². The van der Waals surface area contributed by atoms with Crippen molar-refractivity contribution < 1.29 is 14.6 Å². The van der Waals surface area contributed by atoms with Gasteiger partial charge in [0.2, 0.25) is 0 Å². The average Bonchev–Trinajstić information content (AvgIpc) is 2.67. The van der Waals surface area contributed by atoms with E-state index >= 15 is 0 Å². The van der Waals surface area contributed by atoms with Gasteiger partial charge in [0.05, 0.1) is 5.41 Å². The highest BCUT2D eigenvalue weighted by atomic mass is 16.5. The van der Waals surface area contributed by atoms with Gasteiger partial charge in [0.25, 0.3) is 0 Å². The Morgan fingerprint density at radius 1 is 1.39 bits per heavy atom. The Hall–Kier alpha value is -0.610. The van der Waals surface area contributed by atoms with Crippen LogP contribution in [0.3, 0.4) is 0 Å². The van der Waals surface area contributed by atoms with Crippen molar-refractivity contribution in [1.82, 2.24) is 4.90 Å². The molecule has 0 aromatic carbocycles. The van der Waals surface area contributed by atoms with Crippen LogP contribution in [0.5, 0.6) is 0 Å². The number of hydrogen-bond donors (Lipinski definition) is 1. The second-order valence-corrected chi connectivity index (χ2v) is 5.71. The first kappa shape index (κ1) is 13.8. The van der Waals surface area contributed by atoms with Gasteiger partial charge in [-0.25, -0.2) is 0 Å². The van der Waals surface area contributed by atoms with Crippen LogP contribution in [0.15, 0.2) is 0 Å². The van der Waals surface area contributed by atoms with E-state index in [9.17, 15) is 9.90 Å². The van der Waals surface area contributed by atoms with Crippen LogP contribution in [-0.4, -0.2) is 48.3 Å². The maximum Gasteiger partial charge on any atom is 0.310 e. The maximum absolute atomic E-state index is 11.6. The predicted octanol–water partition coefficient (Wildman–Crippen LogP) is 2.13. The molecule has 18 heavy (non-hydrogen) atoms. The molecule has 0 amide bonds. The second-order valence-electron chi connectivity index (χ2n) is 5.71. The van der Waals surface area contributed by atoms with E-state index < -0.39 is 11.4 Å². The van der Waals surface area contributed by atoms with Gasteiger partial charge in [-0.05, 0) is 45.1 Å². The van der Waals surface area contributed by atoms with Crippen molar-refractivity contribution in [2.75, 3.05) is 26.3 Å². The molecule has 0 aromatic rings. The molecule has 0 aromatic heterocycles. The molecule has 2 aliphatic rings. The third-order valence-corrected chi connectivity index (χ3v) is 4.67. The molecular formula is C14H25NO3. The molecular weight excluding hydrogens is 230 g/mol. The van der Waals surface area contributed by atoms with Crippen molar-refractivity contribution >= 4 is 5.97 Å². The topological polar surface area (TPSA) is 49.8 Å². The number of carboxylic acid groups (broad SMARTS) is 1. The van der Waals surface area contributed by atoms with E-state index in [-0.39, 0.29) is 0 Å². The summed E-state index contributed by atoms with van der Waals surface area (Å²) in [7, 11) is 0. The van der Waals surface area contributed by atoms with Crippen molar-refractivity contribution in [2.45, 2.75) is 51.5 Å². The van der Waals surface area contributed by atoms with Crippen LogP contribution < -0.4 is 0 Å². The molecule has 4 nitrogen and oxygen atoms in total. The molecule has 2 aliphatic heterocycles. The second kappa shape index (κ2) is 6.02. The molecule has 2 heterocycles. The highest BCUT2D eigenvalue weighted by molar-refractivity contribution is 5.75. The molecule has 0 saturated carbocycles. The zero-order valence-corrected chi connectivity index (χ0v) is 11.4. The van der Waals surface area contributed by atoms with Crippen molar-refractivity contribution in [1.29, 1.82) is 0 Å². The summed E-state index contributed by atoms with van der Waals surface area (Å²) in [6.45, 7) is 5.48. The lowest BCUT2D eigenvalue weighted by atomic mass is 9.77. The Morgan fingerprint density at radius 2 is 2.22 bits per heavy atom. The number of hydrogen-bond acceptors (Lipinski definition) is 3. The van der Waals surface area contributed by atoms with Crippen LogP contribution in [-0.2, 0) is 9.53 Å².